The van der Waals surface area contributed by atoms with Crippen LogP contribution in [-0.4, -0.2) is 25.0 Å². The van der Waals surface area contributed by atoms with E-state index in [1.54, 1.807) is 56.8 Å². The predicted molar refractivity (Wildman–Crippen MR) is 98.5 cm³/mol. The summed E-state index contributed by atoms with van der Waals surface area (Å²) in [5.74, 6) is 1.38. The van der Waals surface area contributed by atoms with Crippen LogP contribution in [0.2, 0.25) is 0 Å². The lowest BCUT2D eigenvalue weighted by Crippen LogP contribution is -1.99. The van der Waals surface area contributed by atoms with E-state index in [1.807, 2.05) is 0 Å². The van der Waals surface area contributed by atoms with E-state index < -0.39 is 0 Å². The van der Waals surface area contributed by atoms with Crippen LogP contribution in [0.3, 0.4) is 0 Å². The smallest absolute Gasteiger partial charge is 0.189 e. The van der Waals surface area contributed by atoms with Gasteiger partial charge in [-0.25, -0.2) is 0 Å². The molecule has 0 unspecified atom stereocenters. The number of anilines is 1. The number of rotatable bonds is 3. The number of nitrogen functional groups attached to an aromatic ring is 1. The van der Waals surface area contributed by atoms with Crippen LogP contribution in [0.25, 0.3) is 10.9 Å². The predicted octanol–water partition coefficient (Wildman–Crippen LogP) is 3.02. The maximum absolute atomic E-state index is 11.3. The number of H-pyrrole nitrogens is 1. The molecule has 0 aliphatic heterocycles. The number of hydrogen-bond acceptors (Lipinski definition) is 5. The summed E-state index contributed by atoms with van der Waals surface area (Å²) < 4.78 is 9.98. The zero-order valence-electron chi connectivity index (χ0n) is 14.3. The van der Waals surface area contributed by atoms with Crippen molar-refractivity contribution in [1.82, 2.24) is 4.98 Å². The molecule has 3 aromatic rings. The van der Waals surface area contributed by atoms with E-state index in [4.69, 9.17) is 15.2 Å². The Morgan fingerprint density at radius 1 is 1.00 bits per heavy atom. The largest absolute Gasteiger partial charge is 0.497 e. The van der Waals surface area contributed by atoms with Crippen molar-refractivity contribution in [2.45, 2.75) is 6.92 Å². The number of ketones is 1. The Hall–Kier alpha value is -3.28. The van der Waals surface area contributed by atoms with Crippen molar-refractivity contribution < 1.29 is 14.3 Å². The third-order valence-electron chi connectivity index (χ3n) is 3.60. The number of benzene rings is 2. The second kappa shape index (κ2) is 8.01. The number of Topliss-reactive ketones (excluding diaryl/α,β-unsaturated/α-hetero) is 1. The number of methoxy groups -OCH3 is 2. The van der Waals surface area contributed by atoms with E-state index in [2.05, 4.69) is 4.98 Å². The Kier molecular flexibility index (Phi) is 5.79. The Morgan fingerprint density at radius 2 is 1.64 bits per heavy atom. The molecule has 2 aromatic carbocycles. The van der Waals surface area contributed by atoms with Gasteiger partial charge >= 0.3 is 0 Å². The van der Waals surface area contributed by atoms with E-state index in [0.29, 0.717) is 22.4 Å². The van der Waals surface area contributed by atoms with E-state index in [0.717, 1.165) is 11.3 Å². The number of nitrogens with two attached hydrogens (primary N) is 1. The van der Waals surface area contributed by atoms with Crippen molar-refractivity contribution in [3.05, 3.63) is 64.4 Å². The first kappa shape index (κ1) is 18.1. The highest BCUT2D eigenvalue weighted by Gasteiger charge is 2.04. The van der Waals surface area contributed by atoms with Crippen molar-refractivity contribution in [1.29, 1.82) is 0 Å². The molecule has 0 atom stereocenters. The fraction of sp³-hybridized carbons (Fsp3) is 0.158. The molecule has 0 fully saturated rings. The summed E-state index contributed by atoms with van der Waals surface area (Å²) >= 11 is 0. The lowest BCUT2D eigenvalue weighted by atomic mass is 10.1. The highest BCUT2D eigenvalue weighted by molar-refractivity contribution is 5.99. The average molecular weight is 340 g/mol. The van der Waals surface area contributed by atoms with Gasteiger partial charge in [0.1, 0.15) is 11.5 Å². The van der Waals surface area contributed by atoms with Crippen LogP contribution in [0, 0.1) is 0 Å². The van der Waals surface area contributed by atoms with E-state index in [9.17, 15) is 9.59 Å². The molecule has 1 heterocycles. The number of carbonyl (C=O) groups excluding carboxylic acids is 1. The van der Waals surface area contributed by atoms with Crippen LogP contribution in [0.5, 0.6) is 11.5 Å². The van der Waals surface area contributed by atoms with Gasteiger partial charge in [-0.1, -0.05) is 0 Å². The number of hydrogen-bond donors (Lipinski definition) is 2. The molecule has 0 spiro atoms. The maximum Gasteiger partial charge on any atom is 0.189 e. The summed E-state index contributed by atoms with van der Waals surface area (Å²) in [6.45, 7) is 1.48. The molecule has 0 saturated carbocycles. The number of aromatic amines is 1. The number of carbonyl (C=O) groups is 1. The maximum atomic E-state index is 11.3. The van der Waals surface area contributed by atoms with Crippen molar-refractivity contribution >= 4 is 22.4 Å². The molecule has 25 heavy (non-hydrogen) atoms. The summed E-state index contributed by atoms with van der Waals surface area (Å²) in [6.07, 6.45) is 1.63. The molecule has 0 aliphatic rings. The Morgan fingerprint density at radius 3 is 2.24 bits per heavy atom. The van der Waals surface area contributed by atoms with Gasteiger partial charge < -0.3 is 20.2 Å². The molecule has 0 aliphatic carbocycles. The van der Waals surface area contributed by atoms with Crippen LogP contribution < -0.4 is 20.6 Å². The highest BCUT2D eigenvalue weighted by atomic mass is 16.5. The minimum absolute atomic E-state index is 0.0244. The van der Waals surface area contributed by atoms with Crippen molar-refractivity contribution in [2.75, 3.05) is 20.0 Å². The van der Waals surface area contributed by atoms with Gasteiger partial charge in [0.2, 0.25) is 0 Å². The molecule has 3 N–H and O–H groups in total. The minimum Gasteiger partial charge on any atom is -0.497 e. The van der Waals surface area contributed by atoms with Gasteiger partial charge in [-0.3, -0.25) is 9.59 Å². The summed E-state index contributed by atoms with van der Waals surface area (Å²) in [7, 11) is 3.16. The van der Waals surface area contributed by atoms with E-state index in [1.165, 1.54) is 13.0 Å². The van der Waals surface area contributed by atoms with Crippen molar-refractivity contribution in [3.63, 3.8) is 0 Å². The van der Waals surface area contributed by atoms with Crippen LogP contribution in [0.4, 0.5) is 5.69 Å². The number of fused-ring (bicyclic) bond motifs is 1. The molecule has 6 nitrogen and oxygen atoms in total. The van der Waals surface area contributed by atoms with E-state index in [-0.39, 0.29) is 11.2 Å². The second-order valence-electron chi connectivity index (χ2n) is 5.26. The first-order valence-electron chi connectivity index (χ1n) is 7.56. The molecule has 0 radical (unpaired) electrons. The standard InChI is InChI=1S/C10H9NO2.C9H11NO2/c1-13-7-2-3-8-9(6-7)11-5-4-10(8)12;1-6(11)8-4-3-7(12-2)5-9(8)10/h2-6H,1H3,(H,11,12);3-5H,10H2,1-2H3. The quantitative estimate of drug-likeness (QED) is 0.564. The third-order valence-corrected chi connectivity index (χ3v) is 3.60. The second-order valence-corrected chi connectivity index (χ2v) is 5.26. The fourth-order valence-electron chi connectivity index (χ4n) is 2.27. The highest BCUT2D eigenvalue weighted by Crippen LogP contribution is 2.19. The van der Waals surface area contributed by atoms with Gasteiger partial charge in [-0.15, -0.1) is 0 Å². The van der Waals surface area contributed by atoms with Gasteiger partial charge in [0.15, 0.2) is 11.2 Å². The Labute approximate surface area is 145 Å². The molecule has 6 heteroatoms. The molecule has 1 aromatic heterocycles. The zero-order chi connectivity index (χ0) is 18.4. The van der Waals surface area contributed by atoms with Crippen LogP contribution in [0.15, 0.2) is 53.5 Å². The van der Waals surface area contributed by atoms with Gasteiger partial charge in [-0.05, 0) is 31.2 Å². The van der Waals surface area contributed by atoms with Crippen LogP contribution in [-0.2, 0) is 0 Å². The number of pyridine rings is 1. The van der Waals surface area contributed by atoms with Crippen molar-refractivity contribution in [3.8, 4) is 11.5 Å². The topological polar surface area (TPSA) is 94.4 Å². The van der Waals surface area contributed by atoms with Gasteiger partial charge in [-0.2, -0.15) is 0 Å². The first-order chi connectivity index (χ1) is 12.0. The number of ether oxygens (including phenoxy) is 2. The van der Waals surface area contributed by atoms with Gasteiger partial charge in [0.05, 0.1) is 19.7 Å². The normalized spacial score (nSPS) is 9.88. The Bertz CT molecular complexity index is 948. The molecule has 0 saturated heterocycles. The lowest BCUT2D eigenvalue weighted by molar-refractivity contribution is 0.101. The summed E-state index contributed by atoms with van der Waals surface area (Å²) in [5.41, 5.74) is 7.42. The molecule has 130 valence electrons. The summed E-state index contributed by atoms with van der Waals surface area (Å²) in [5, 5.41) is 0.684. The molecule has 0 bridgehead atoms. The van der Waals surface area contributed by atoms with Crippen LogP contribution >= 0.6 is 0 Å². The van der Waals surface area contributed by atoms with Crippen molar-refractivity contribution in [2.24, 2.45) is 0 Å². The average Bonchev–Trinajstić information content (AvgIpc) is 2.61. The fourth-order valence-corrected chi connectivity index (χ4v) is 2.27. The van der Waals surface area contributed by atoms with Gasteiger partial charge in [0, 0.05) is 41.0 Å². The Balaban J connectivity index is 0.000000181. The van der Waals surface area contributed by atoms with Gasteiger partial charge in [0.25, 0.3) is 0 Å². The monoisotopic (exact) mass is 340 g/mol. The van der Waals surface area contributed by atoms with Crippen LogP contribution in [0.1, 0.15) is 17.3 Å². The molecule has 0 amide bonds. The number of nitrogens with one attached hydrogen (secondary N) is 1. The SMILES string of the molecule is COc1ccc(C(C)=O)c(N)c1.COc1ccc2c(=O)cc[nH]c2c1. The molecular weight excluding hydrogens is 320 g/mol. The first-order valence-corrected chi connectivity index (χ1v) is 7.56. The minimum atomic E-state index is -0.0323. The molecule has 3 rings (SSSR count). The summed E-state index contributed by atoms with van der Waals surface area (Å²) in [4.78, 5) is 25.2. The number of aromatic nitrogens is 1. The third kappa shape index (κ3) is 4.38. The zero-order valence-corrected chi connectivity index (χ0v) is 14.3. The lowest BCUT2D eigenvalue weighted by Gasteiger charge is -2.03. The van der Waals surface area contributed by atoms with E-state index >= 15 is 0 Å². The molecular formula is C19H20N2O4. The summed E-state index contributed by atoms with van der Waals surface area (Å²) in [6, 6.07) is 11.9.